The van der Waals surface area contributed by atoms with Crippen LogP contribution in [0.4, 0.5) is 10.6 Å². The Morgan fingerprint density at radius 1 is 1.18 bits per heavy atom. The molecule has 0 aliphatic carbocycles. The number of likely N-dealkylation sites (tertiary alicyclic amines) is 2. The molecular formula is C28H40N6O6. The first-order valence-corrected chi connectivity index (χ1v) is 13.7. The van der Waals surface area contributed by atoms with Gasteiger partial charge in [0.25, 0.3) is 5.91 Å². The number of aliphatic hydroxyl groups is 1. The molecule has 2 aromatic heterocycles. The normalized spacial score (nSPS) is 19.9. The third-order valence-electron chi connectivity index (χ3n) is 7.19. The number of aromatic nitrogens is 2. The molecule has 12 nitrogen and oxygen atoms in total. The molecule has 2 aliphatic heterocycles. The van der Waals surface area contributed by atoms with Gasteiger partial charge in [-0.15, -0.1) is 0 Å². The molecule has 2 aromatic rings. The van der Waals surface area contributed by atoms with Crippen LogP contribution in [0.5, 0.6) is 0 Å². The molecule has 12 heteroatoms. The smallest absolute Gasteiger partial charge is 0.407 e. The number of nitrogens with one attached hydrogen (secondary N) is 1. The lowest BCUT2D eigenvalue weighted by Gasteiger charge is -2.45. The summed E-state index contributed by atoms with van der Waals surface area (Å²) in [5.74, 6) is 0.548. The number of nitrogens with zero attached hydrogens (tertiary/aromatic N) is 5. The maximum atomic E-state index is 14.2. The Morgan fingerprint density at radius 3 is 2.48 bits per heavy atom. The quantitative estimate of drug-likeness (QED) is 0.445. The second kappa shape index (κ2) is 11.8. The fraction of sp³-hybridized carbons (Fsp3) is 0.607. The SMILES string of the molecule is CC(C)CN(C(=O)c1cnc(C(C)(C)C)nc1NCc1ccco1)[C@H]1C[C@@H](C(=O)N2CC(O)C2)CN(C(=O)O)C1. The van der Waals surface area contributed by atoms with Gasteiger partial charge >= 0.3 is 6.09 Å². The van der Waals surface area contributed by atoms with Crippen molar-refractivity contribution in [3.63, 3.8) is 0 Å². The highest BCUT2D eigenvalue weighted by atomic mass is 16.4. The van der Waals surface area contributed by atoms with E-state index in [4.69, 9.17) is 9.40 Å². The Morgan fingerprint density at radius 2 is 1.90 bits per heavy atom. The molecule has 2 fully saturated rings. The molecule has 0 aromatic carbocycles. The summed E-state index contributed by atoms with van der Waals surface area (Å²) >= 11 is 0. The monoisotopic (exact) mass is 556 g/mol. The lowest BCUT2D eigenvalue weighted by molar-refractivity contribution is -0.148. The van der Waals surface area contributed by atoms with Gasteiger partial charge in [-0.2, -0.15) is 0 Å². The van der Waals surface area contributed by atoms with Gasteiger partial charge in [0.1, 0.15) is 23.0 Å². The number of carbonyl (C=O) groups excluding carboxylic acids is 2. The fourth-order valence-corrected chi connectivity index (χ4v) is 5.09. The molecule has 4 heterocycles. The Kier molecular flexibility index (Phi) is 8.67. The number of carbonyl (C=O) groups is 3. The predicted octanol–water partition coefficient (Wildman–Crippen LogP) is 2.65. The predicted molar refractivity (Wildman–Crippen MR) is 147 cm³/mol. The van der Waals surface area contributed by atoms with Crippen LogP contribution >= 0.6 is 0 Å². The first-order chi connectivity index (χ1) is 18.8. The summed E-state index contributed by atoms with van der Waals surface area (Å²) < 4.78 is 5.44. The van der Waals surface area contributed by atoms with Crippen molar-refractivity contribution in [3.05, 3.63) is 41.7 Å². The van der Waals surface area contributed by atoms with Gasteiger partial charge in [-0.3, -0.25) is 9.59 Å². The lowest BCUT2D eigenvalue weighted by Crippen LogP contribution is -2.60. The molecule has 0 spiro atoms. The van der Waals surface area contributed by atoms with Crippen LogP contribution in [0.3, 0.4) is 0 Å². The number of anilines is 1. The zero-order valence-corrected chi connectivity index (χ0v) is 23.8. The molecule has 2 aliphatic rings. The van der Waals surface area contributed by atoms with E-state index in [1.807, 2.05) is 40.7 Å². The summed E-state index contributed by atoms with van der Waals surface area (Å²) in [7, 11) is 0. The van der Waals surface area contributed by atoms with Gasteiger partial charge in [0.15, 0.2) is 0 Å². The van der Waals surface area contributed by atoms with Crippen LogP contribution in [0.15, 0.2) is 29.0 Å². The highest BCUT2D eigenvalue weighted by Crippen LogP contribution is 2.29. The summed E-state index contributed by atoms with van der Waals surface area (Å²) in [6.07, 6.45) is 1.73. The van der Waals surface area contributed by atoms with Crippen molar-refractivity contribution in [3.8, 4) is 0 Å². The topological polar surface area (TPSA) is 152 Å². The van der Waals surface area contributed by atoms with Crippen LogP contribution in [0, 0.1) is 11.8 Å². The van der Waals surface area contributed by atoms with E-state index in [2.05, 4.69) is 10.3 Å². The standard InChI is InChI=1S/C28H40N6O6/c1-17(2)12-34(19-9-18(13-33(14-19)27(38)39)24(36)32-15-20(35)16-32)25(37)22-11-30-26(28(3,4)5)31-23(22)29-10-21-7-6-8-40-21/h6-8,11,17-20,35H,9-10,12-16H2,1-5H3,(H,38,39)(H,29,30,31)/t18-,19+/m1/s1. The van der Waals surface area contributed by atoms with E-state index >= 15 is 0 Å². The van der Waals surface area contributed by atoms with Crippen LogP contribution < -0.4 is 5.32 Å². The van der Waals surface area contributed by atoms with Gasteiger partial charge in [0, 0.05) is 44.3 Å². The molecule has 3 N–H and O–H groups in total. The van der Waals surface area contributed by atoms with Crippen molar-refractivity contribution in [1.29, 1.82) is 0 Å². The van der Waals surface area contributed by atoms with Gasteiger partial charge in [-0.1, -0.05) is 34.6 Å². The Balaban J connectivity index is 1.65. The minimum absolute atomic E-state index is 0.0559. The van der Waals surface area contributed by atoms with E-state index in [-0.39, 0.29) is 54.9 Å². The van der Waals surface area contributed by atoms with E-state index in [1.165, 1.54) is 11.1 Å². The maximum Gasteiger partial charge on any atom is 0.407 e. The van der Waals surface area contributed by atoms with E-state index in [9.17, 15) is 24.6 Å². The summed E-state index contributed by atoms with van der Waals surface area (Å²) in [6.45, 7) is 11.2. The number of amides is 3. The van der Waals surface area contributed by atoms with Crippen LogP contribution in [-0.4, -0.2) is 97.7 Å². The van der Waals surface area contributed by atoms with Crippen molar-refractivity contribution in [1.82, 2.24) is 24.7 Å². The molecule has 2 saturated heterocycles. The van der Waals surface area contributed by atoms with Gasteiger partial charge in [-0.25, -0.2) is 14.8 Å². The second-order valence-electron chi connectivity index (χ2n) is 12.2. The van der Waals surface area contributed by atoms with Crippen LogP contribution in [-0.2, 0) is 16.8 Å². The number of rotatable bonds is 8. The number of piperidine rings is 1. The van der Waals surface area contributed by atoms with Gasteiger partial charge < -0.3 is 34.6 Å². The minimum atomic E-state index is -1.14. The number of hydrogen-bond donors (Lipinski definition) is 3. The molecule has 40 heavy (non-hydrogen) atoms. The molecular weight excluding hydrogens is 516 g/mol. The average Bonchev–Trinajstić information content (AvgIpc) is 3.40. The van der Waals surface area contributed by atoms with Gasteiger partial charge in [0.2, 0.25) is 5.91 Å². The van der Waals surface area contributed by atoms with Crippen molar-refractivity contribution >= 4 is 23.7 Å². The molecule has 0 saturated carbocycles. The van der Waals surface area contributed by atoms with Crippen LogP contribution in [0.25, 0.3) is 0 Å². The number of carboxylic acid groups (broad SMARTS) is 1. The molecule has 218 valence electrons. The van der Waals surface area contributed by atoms with E-state index in [0.29, 0.717) is 36.9 Å². The minimum Gasteiger partial charge on any atom is -0.467 e. The summed E-state index contributed by atoms with van der Waals surface area (Å²) in [6, 6.07) is 3.08. The summed E-state index contributed by atoms with van der Waals surface area (Å²) in [4.78, 5) is 53.1. The van der Waals surface area contributed by atoms with Crippen molar-refractivity contribution < 1.29 is 29.0 Å². The molecule has 4 rings (SSSR count). The number of furan rings is 1. The maximum absolute atomic E-state index is 14.2. The summed E-state index contributed by atoms with van der Waals surface area (Å²) in [5, 5.41) is 22.8. The number of hydrogen-bond acceptors (Lipinski definition) is 8. The zero-order chi connectivity index (χ0) is 29.2. The van der Waals surface area contributed by atoms with Crippen LogP contribution in [0.2, 0.25) is 0 Å². The molecule has 2 atom stereocenters. The zero-order valence-electron chi connectivity index (χ0n) is 23.8. The van der Waals surface area contributed by atoms with E-state index < -0.39 is 24.2 Å². The molecule has 3 amide bonds. The average molecular weight is 557 g/mol. The first kappa shape index (κ1) is 29.3. The van der Waals surface area contributed by atoms with Gasteiger partial charge in [-0.05, 0) is 24.5 Å². The fourth-order valence-electron chi connectivity index (χ4n) is 5.09. The lowest BCUT2D eigenvalue weighted by atomic mass is 9.90. The Bertz CT molecular complexity index is 1200. The first-order valence-electron chi connectivity index (χ1n) is 13.7. The van der Waals surface area contributed by atoms with E-state index in [1.54, 1.807) is 22.1 Å². The molecule has 0 bridgehead atoms. The number of β-amino-alcohol motifs (C(OH)–C–C–N with tert-alkyl or cyclic N) is 1. The van der Waals surface area contributed by atoms with Gasteiger partial charge in [0.05, 0.1) is 30.9 Å². The molecule has 0 unspecified atom stereocenters. The molecule has 0 radical (unpaired) electrons. The highest BCUT2D eigenvalue weighted by Gasteiger charge is 2.42. The van der Waals surface area contributed by atoms with E-state index in [0.717, 1.165) is 0 Å². The van der Waals surface area contributed by atoms with Crippen molar-refractivity contribution in [2.45, 2.75) is 65.1 Å². The van der Waals surface area contributed by atoms with Crippen molar-refractivity contribution in [2.24, 2.45) is 11.8 Å². The Hall–Kier alpha value is -3.67. The summed E-state index contributed by atoms with van der Waals surface area (Å²) in [5.41, 5.74) is -0.0923. The third kappa shape index (κ3) is 6.72. The second-order valence-corrected chi connectivity index (χ2v) is 12.2. The third-order valence-corrected chi connectivity index (χ3v) is 7.19. The van der Waals surface area contributed by atoms with Crippen molar-refractivity contribution in [2.75, 3.05) is 38.0 Å². The highest BCUT2D eigenvalue weighted by molar-refractivity contribution is 5.98. The largest absolute Gasteiger partial charge is 0.467 e. The van der Waals surface area contributed by atoms with Crippen LogP contribution in [0.1, 0.15) is 63.0 Å². The number of aliphatic hydroxyl groups excluding tert-OH is 1. The Labute approximate surface area is 234 Å².